The third-order valence-electron chi connectivity index (χ3n) is 6.14. The van der Waals surface area contributed by atoms with E-state index >= 15 is 0 Å². The Morgan fingerprint density at radius 3 is 2.59 bits per heavy atom. The van der Waals surface area contributed by atoms with Gasteiger partial charge < -0.3 is 9.47 Å². The molecule has 0 spiro atoms. The maximum absolute atomic E-state index is 6.25. The molecule has 0 aliphatic heterocycles. The third kappa shape index (κ3) is 3.56. The van der Waals surface area contributed by atoms with Crippen LogP contribution in [0, 0.1) is 5.92 Å². The van der Waals surface area contributed by atoms with Crippen molar-refractivity contribution in [2.75, 3.05) is 13.7 Å². The van der Waals surface area contributed by atoms with Gasteiger partial charge in [0, 0.05) is 35.6 Å². The van der Waals surface area contributed by atoms with Crippen molar-refractivity contribution >= 4 is 11.6 Å². The van der Waals surface area contributed by atoms with Crippen LogP contribution < -0.4 is 4.74 Å². The lowest BCUT2D eigenvalue weighted by Gasteiger charge is -2.26. The molecular weight excluding hydrogens is 384 g/mol. The van der Waals surface area contributed by atoms with Crippen LogP contribution in [-0.4, -0.2) is 29.6 Å². The number of benzene rings is 2. The zero-order valence-electron chi connectivity index (χ0n) is 16.6. The van der Waals surface area contributed by atoms with Gasteiger partial charge in [0.1, 0.15) is 11.4 Å². The molecule has 5 rings (SSSR count). The van der Waals surface area contributed by atoms with E-state index in [9.17, 15) is 0 Å². The first-order valence-electron chi connectivity index (χ1n) is 10.3. The number of fused-ring (bicyclic) bond motifs is 1. The van der Waals surface area contributed by atoms with E-state index in [0.29, 0.717) is 0 Å². The van der Waals surface area contributed by atoms with E-state index < -0.39 is 0 Å². The first kappa shape index (κ1) is 18.7. The highest BCUT2D eigenvalue weighted by Gasteiger charge is 2.32. The lowest BCUT2D eigenvalue weighted by molar-refractivity contribution is 0.0159. The fourth-order valence-corrected chi connectivity index (χ4v) is 4.45. The second-order valence-electron chi connectivity index (χ2n) is 8.02. The number of methoxy groups -OCH3 is 1. The zero-order chi connectivity index (χ0) is 19.8. The number of halogens is 1. The van der Waals surface area contributed by atoms with Gasteiger partial charge in [0.25, 0.3) is 0 Å². The molecule has 1 atom stereocenters. The molecule has 0 amide bonds. The summed E-state index contributed by atoms with van der Waals surface area (Å²) >= 11 is 6.15. The number of ether oxygens (including phenoxy) is 2. The molecule has 0 unspecified atom stereocenters. The average Bonchev–Trinajstić information content (AvgIpc) is 3.25. The van der Waals surface area contributed by atoms with Crippen LogP contribution >= 0.6 is 11.6 Å². The lowest BCUT2D eigenvalue weighted by atomic mass is 9.86. The summed E-state index contributed by atoms with van der Waals surface area (Å²) in [7, 11) is 1.70. The molecule has 1 heterocycles. The van der Waals surface area contributed by atoms with Gasteiger partial charge in [-0.05, 0) is 43.0 Å². The molecule has 2 aliphatic carbocycles. The number of rotatable bonds is 6. The van der Waals surface area contributed by atoms with Crippen molar-refractivity contribution in [2.24, 2.45) is 5.92 Å². The first-order chi connectivity index (χ1) is 14.2. The molecule has 0 N–H and O–H groups in total. The molecule has 1 saturated carbocycles. The van der Waals surface area contributed by atoms with Gasteiger partial charge in [0.05, 0.1) is 24.6 Å². The van der Waals surface area contributed by atoms with Gasteiger partial charge in [0.2, 0.25) is 0 Å². The molecule has 1 aromatic heterocycles. The monoisotopic (exact) mass is 408 g/mol. The molecule has 0 saturated heterocycles. The highest BCUT2D eigenvalue weighted by molar-refractivity contribution is 6.30. The molecule has 29 heavy (non-hydrogen) atoms. The topological polar surface area (TPSA) is 36.3 Å². The normalized spacial score (nSPS) is 18.5. The molecule has 0 radical (unpaired) electrons. The predicted octanol–water partition coefficient (Wildman–Crippen LogP) is 5.49. The van der Waals surface area contributed by atoms with E-state index in [1.165, 1.54) is 24.8 Å². The highest BCUT2D eigenvalue weighted by atomic mass is 35.5. The summed E-state index contributed by atoms with van der Waals surface area (Å²) in [5.74, 6) is 1.56. The minimum absolute atomic E-state index is 0.228. The van der Waals surface area contributed by atoms with Crippen molar-refractivity contribution in [3.05, 3.63) is 64.8 Å². The number of hydrogen-bond acceptors (Lipinski definition) is 3. The lowest BCUT2D eigenvalue weighted by Crippen LogP contribution is -2.23. The van der Waals surface area contributed by atoms with Gasteiger partial charge >= 0.3 is 0 Å². The third-order valence-corrected chi connectivity index (χ3v) is 6.39. The van der Waals surface area contributed by atoms with Crippen molar-refractivity contribution in [3.8, 4) is 22.7 Å². The van der Waals surface area contributed by atoms with Gasteiger partial charge in [0.15, 0.2) is 0 Å². The fourth-order valence-electron chi connectivity index (χ4n) is 4.32. The Labute approximate surface area is 176 Å². The Balaban J connectivity index is 1.52. The largest absolute Gasteiger partial charge is 0.494 e. The van der Waals surface area contributed by atoms with Crippen molar-refractivity contribution < 1.29 is 9.47 Å². The van der Waals surface area contributed by atoms with E-state index in [4.69, 9.17) is 26.2 Å². The van der Waals surface area contributed by atoms with Crippen LogP contribution in [0.25, 0.3) is 16.9 Å². The Morgan fingerprint density at radius 1 is 1.07 bits per heavy atom. The summed E-state index contributed by atoms with van der Waals surface area (Å²) in [4.78, 5) is 0. The zero-order valence-corrected chi connectivity index (χ0v) is 17.4. The minimum Gasteiger partial charge on any atom is -0.494 e. The van der Waals surface area contributed by atoms with Crippen molar-refractivity contribution in [3.63, 3.8) is 0 Å². The minimum atomic E-state index is 0.228. The Bertz CT molecular complexity index is 1010. The van der Waals surface area contributed by atoms with E-state index in [-0.39, 0.29) is 6.10 Å². The molecule has 3 aromatic rings. The average molecular weight is 409 g/mol. The maximum Gasteiger partial charge on any atom is 0.144 e. The van der Waals surface area contributed by atoms with E-state index in [2.05, 4.69) is 12.1 Å². The fraction of sp³-hybridized carbons (Fsp3) is 0.375. The quantitative estimate of drug-likeness (QED) is 0.541. The molecular formula is C24H25ClN2O2. The van der Waals surface area contributed by atoms with E-state index in [1.807, 2.05) is 41.1 Å². The van der Waals surface area contributed by atoms with Crippen molar-refractivity contribution in [1.29, 1.82) is 0 Å². The van der Waals surface area contributed by atoms with Crippen LogP contribution in [0.4, 0.5) is 0 Å². The Hall–Kier alpha value is -2.30. The summed E-state index contributed by atoms with van der Waals surface area (Å²) in [5.41, 5.74) is 5.56. The summed E-state index contributed by atoms with van der Waals surface area (Å²) in [5, 5.41) is 5.74. The summed E-state index contributed by atoms with van der Waals surface area (Å²) in [6.07, 6.45) is 5.97. The Morgan fingerprint density at radius 2 is 1.86 bits per heavy atom. The van der Waals surface area contributed by atoms with Crippen LogP contribution in [0.3, 0.4) is 0 Å². The summed E-state index contributed by atoms with van der Waals surface area (Å²) in [6, 6.07) is 16.0. The smallest absolute Gasteiger partial charge is 0.144 e. The number of para-hydroxylation sites is 2. The standard InChI is InChI=1S/C24H25ClN2O2/c1-28-23-8-3-2-7-22(23)27-24(17-9-11-18(25)12-10-17)20-13-19(14-21(20)26-27)29-15-16-5-4-6-16/h2-3,7-12,16,19H,4-6,13-15H2,1H3/t19-/m0/s1. The molecule has 0 bridgehead atoms. The van der Waals surface area contributed by atoms with Crippen molar-refractivity contribution in [2.45, 2.75) is 38.2 Å². The number of aromatic nitrogens is 2. The molecule has 5 heteroatoms. The molecule has 2 aromatic carbocycles. The molecule has 4 nitrogen and oxygen atoms in total. The van der Waals surface area contributed by atoms with Crippen LogP contribution in [0.15, 0.2) is 48.5 Å². The van der Waals surface area contributed by atoms with Crippen LogP contribution in [0.5, 0.6) is 5.75 Å². The summed E-state index contributed by atoms with van der Waals surface area (Å²) < 4.78 is 13.9. The van der Waals surface area contributed by atoms with E-state index in [0.717, 1.165) is 58.8 Å². The molecule has 2 aliphatic rings. The predicted molar refractivity (Wildman–Crippen MR) is 115 cm³/mol. The van der Waals surface area contributed by atoms with Gasteiger partial charge in [-0.15, -0.1) is 0 Å². The van der Waals surface area contributed by atoms with Gasteiger partial charge in [-0.25, -0.2) is 4.68 Å². The SMILES string of the molecule is COc1ccccc1-n1nc2c(c1-c1ccc(Cl)cc1)C[C@H](OCC1CCC1)C2. The second-order valence-corrected chi connectivity index (χ2v) is 8.46. The molecule has 150 valence electrons. The summed E-state index contributed by atoms with van der Waals surface area (Å²) in [6.45, 7) is 0.887. The van der Waals surface area contributed by atoms with Gasteiger partial charge in [-0.3, -0.25) is 0 Å². The Kier molecular flexibility index (Phi) is 5.06. The van der Waals surface area contributed by atoms with Crippen LogP contribution in [0.1, 0.15) is 30.5 Å². The number of nitrogens with zero attached hydrogens (tertiary/aromatic N) is 2. The maximum atomic E-state index is 6.25. The van der Waals surface area contributed by atoms with Crippen molar-refractivity contribution in [1.82, 2.24) is 9.78 Å². The van der Waals surface area contributed by atoms with Gasteiger partial charge in [-0.2, -0.15) is 5.10 Å². The second kappa shape index (κ2) is 7.85. The van der Waals surface area contributed by atoms with E-state index in [1.54, 1.807) is 7.11 Å². The van der Waals surface area contributed by atoms with Crippen LogP contribution in [0.2, 0.25) is 5.02 Å². The van der Waals surface area contributed by atoms with Gasteiger partial charge in [-0.1, -0.05) is 42.3 Å². The first-order valence-corrected chi connectivity index (χ1v) is 10.7. The highest BCUT2D eigenvalue weighted by Crippen LogP contribution is 2.38. The van der Waals surface area contributed by atoms with Crippen LogP contribution in [-0.2, 0) is 17.6 Å². The molecule has 1 fully saturated rings. The number of hydrogen-bond donors (Lipinski definition) is 0.